The van der Waals surface area contributed by atoms with Crippen molar-refractivity contribution in [3.05, 3.63) is 48.3 Å². The van der Waals surface area contributed by atoms with Crippen molar-refractivity contribution in [2.75, 3.05) is 38.3 Å². The van der Waals surface area contributed by atoms with Crippen LogP contribution >= 0.6 is 0 Å². The quantitative estimate of drug-likeness (QED) is 0.798. The number of hydrogen-bond acceptors (Lipinski definition) is 5. The zero-order valence-corrected chi connectivity index (χ0v) is 15.2. The third-order valence-corrected chi connectivity index (χ3v) is 3.95. The number of pyridine rings is 1. The van der Waals surface area contributed by atoms with Crippen LogP contribution < -0.4 is 4.90 Å². The molecule has 1 aliphatic heterocycles. The van der Waals surface area contributed by atoms with E-state index >= 15 is 0 Å². The molecule has 2 aromatic rings. The molecule has 0 saturated carbocycles. The lowest BCUT2D eigenvalue weighted by Gasteiger charge is -2.28. The summed E-state index contributed by atoms with van der Waals surface area (Å²) in [4.78, 5) is 17.9. The van der Waals surface area contributed by atoms with Gasteiger partial charge >= 0.3 is 5.97 Å². The van der Waals surface area contributed by atoms with Crippen molar-refractivity contribution in [3.63, 3.8) is 0 Å². The maximum Gasteiger partial charge on any atom is 0.311 e. The van der Waals surface area contributed by atoms with Crippen LogP contribution in [0.1, 0.15) is 19.5 Å². The van der Waals surface area contributed by atoms with Crippen LogP contribution in [-0.4, -0.2) is 44.4 Å². The van der Waals surface area contributed by atoms with Gasteiger partial charge in [-0.1, -0.05) is 32.0 Å². The van der Waals surface area contributed by atoms with Crippen molar-refractivity contribution in [2.45, 2.75) is 20.3 Å². The molecule has 134 valence electrons. The van der Waals surface area contributed by atoms with E-state index in [-0.39, 0.29) is 12.4 Å². The Morgan fingerprint density at radius 2 is 1.72 bits per heavy atom. The van der Waals surface area contributed by atoms with Crippen molar-refractivity contribution >= 4 is 11.7 Å². The molecule has 5 nitrogen and oxygen atoms in total. The zero-order valence-electron chi connectivity index (χ0n) is 15.2. The molecular weight excluding hydrogens is 316 g/mol. The van der Waals surface area contributed by atoms with Crippen LogP contribution in [0.4, 0.5) is 5.69 Å². The average molecular weight is 342 g/mol. The third kappa shape index (κ3) is 5.29. The van der Waals surface area contributed by atoms with E-state index in [2.05, 4.69) is 38.9 Å². The summed E-state index contributed by atoms with van der Waals surface area (Å²) in [5.74, 6) is -0.278. The molecule has 2 heterocycles. The molecule has 25 heavy (non-hydrogen) atoms. The molecule has 3 rings (SSSR count). The number of benzene rings is 1. The number of hydrogen-bond donors (Lipinski definition) is 0. The summed E-state index contributed by atoms with van der Waals surface area (Å²) in [7, 11) is 1.38. The van der Waals surface area contributed by atoms with E-state index in [1.165, 1.54) is 12.8 Å². The lowest BCUT2D eigenvalue weighted by atomic mass is 10.1. The molecule has 5 heteroatoms. The van der Waals surface area contributed by atoms with Crippen LogP contribution in [-0.2, 0) is 20.7 Å². The fourth-order valence-corrected chi connectivity index (χ4v) is 2.61. The predicted molar refractivity (Wildman–Crippen MR) is 99.8 cm³/mol. The molecule has 0 spiro atoms. The number of carbonyl (C=O) groups excluding carboxylic acids is 1. The van der Waals surface area contributed by atoms with Crippen molar-refractivity contribution in [1.82, 2.24) is 4.98 Å². The molecule has 0 bridgehead atoms. The first kappa shape index (κ1) is 18.9. The highest BCUT2D eigenvalue weighted by atomic mass is 16.5. The molecule has 0 aliphatic carbocycles. The molecule has 1 aliphatic rings. The summed E-state index contributed by atoms with van der Waals surface area (Å²) in [6, 6.07) is 12.3. The molecular formula is C20H26N2O3. The zero-order chi connectivity index (χ0) is 18.1. The normalized spacial score (nSPS) is 13.6. The number of anilines is 1. The molecule has 1 aromatic carbocycles. The molecule has 0 atom stereocenters. The van der Waals surface area contributed by atoms with Crippen LogP contribution in [0.15, 0.2) is 42.6 Å². The number of nitrogens with zero attached hydrogens (tertiary/aromatic N) is 2. The highest BCUT2D eigenvalue weighted by molar-refractivity contribution is 5.72. The fourth-order valence-electron chi connectivity index (χ4n) is 2.61. The highest BCUT2D eigenvalue weighted by Crippen LogP contribution is 2.23. The summed E-state index contributed by atoms with van der Waals surface area (Å²) in [5, 5.41) is 0. The van der Waals surface area contributed by atoms with Gasteiger partial charge in [0, 0.05) is 30.5 Å². The Kier molecular flexibility index (Phi) is 7.41. The van der Waals surface area contributed by atoms with Crippen LogP contribution in [0, 0.1) is 0 Å². The minimum Gasteiger partial charge on any atom is -0.469 e. The van der Waals surface area contributed by atoms with Crippen molar-refractivity contribution in [2.24, 2.45) is 0 Å². The van der Waals surface area contributed by atoms with E-state index in [1.807, 2.05) is 26.0 Å². The minimum atomic E-state index is -0.278. The number of esters is 1. The summed E-state index contributed by atoms with van der Waals surface area (Å²) in [6.07, 6.45) is 1.99. The lowest BCUT2D eigenvalue weighted by Crippen LogP contribution is -2.36. The number of carbonyl (C=O) groups is 1. The molecule has 1 saturated heterocycles. The second-order valence-electron chi connectivity index (χ2n) is 5.44. The van der Waals surface area contributed by atoms with Crippen LogP contribution in [0.25, 0.3) is 11.1 Å². The van der Waals surface area contributed by atoms with Gasteiger partial charge in [-0.15, -0.1) is 0 Å². The Labute approximate surface area is 149 Å². The molecule has 0 amide bonds. The van der Waals surface area contributed by atoms with Crippen LogP contribution in [0.5, 0.6) is 0 Å². The van der Waals surface area contributed by atoms with Crippen molar-refractivity contribution in [1.29, 1.82) is 0 Å². The summed E-state index contributed by atoms with van der Waals surface area (Å²) in [5.41, 5.74) is 4.07. The Balaban J connectivity index is 0.00000109. The SMILES string of the molecule is CC.COC(=O)Cc1ccc(-c2ccc(N3CCOCC3)cc2)cn1. The van der Waals surface area contributed by atoms with Crippen LogP contribution in [0.3, 0.4) is 0 Å². The average Bonchev–Trinajstić information content (AvgIpc) is 2.71. The van der Waals surface area contributed by atoms with Gasteiger partial charge in [-0.05, 0) is 23.8 Å². The maximum absolute atomic E-state index is 11.2. The highest BCUT2D eigenvalue weighted by Gasteiger charge is 2.11. The van der Waals surface area contributed by atoms with E-state index in [9.17, 15) is 4.79 Å². The van der Waals surface area contributed by atoms with Gasteiger partial charge < -0.3 is 14.4 Å². The van der Waals surface area contributed by atoms with Crippen molar-refractivity contribution < 1.29 is 14.3 Å². The largest absolute Gasteiger partial charge is 0.469 e. The van der Waals surface area contributed by atoms with Gasteiger partial charge in [0.05, 0.1) is 32.4 Å². The number of aromatic nitrogens is 1. The Morgan fingerprint density at radius 1 is 1.08 bits per heavy atom. The van der Waals surface area contributed by atoms with Crippen molar-refractivity contribution in [3.8, 4) is 11.1 Å². The topological polar surface area (TPSA) is 51.7 Å². The number of methoxy groups -OCH3 is 1. The summed E-state index contributed by atoms with van der Waals surface area (Å²) < 4.78 is 10.0. The second kappa shape index (κ2) is 9.79. The van der Waals surface area contributed by atoms with Gasteiger partial charge in [0.1, 0.15) is 0 Å². The first-order valence-electron chi connectivity index (χ1n) is 8.71. The monoisotopic (exact) mass is 342 g/mol. The van der Waals surface area contributed by atoms with E-state index in [0.717, 1.165) is 37.4 Å². The van der Waals surface area contributed by atoms with E-state index in [1.54, 1.807) is 6.20 Å². The molecule has 0 N–H and O–H groups in total. The Hall–Kier alpha value is -2.40. The summed E-state index contributed by atoms with van der Waals surface area (Å²) >= 11 is 0. The molecule has 1 aromatic heterocycles. The van der Waals surface area contributed by atoms with E-state index in [4.69, 9.17) is 4.74 Å². The van der Waals surface area contributed by atoms with Gasteiger partial charge in [0.15, 0.2) is 0 Å². The van der Waals surface area contributed by atoms with Gasteiger partial charge in [-0.2, -0.15) is 0 Å². The minimum absolute atomic E-state index is 0.201. The number of morpholine rings is 1. The molecule has 1 fully saturated rings. The van der Waals surface area contributed by atoms with Crippen LogP contribution in [0.2, 0.25) is 0 Å². The summed E-state index contributed by atoms with van der Waals surface area (Å²) in [6.45, 7) is 7.44. The van der Waals surface area contributed by atoms with Gasteiger partial charge in [0.2, 0.25) is 0 Å². The lowest BCUT2D eigenvalue weighted by molar-refractivity contribution is -0.139. The standard InChI is InChI=1S/C18H20N2O3.C2H6/c1-22-18(21)12-16-5-2-15(13-19-16)14-3-6-17(7-4-14)20-8-10-23-11-9-20;1-2/h2-7,13H,8-12H2,1H3;1-2H3. The van der Waals surface area contributed by atoms with E-state index in [0.29, 0.717) is 5.69 Å². The molecule has 0 unspecified atom stereocenters. The first-order chi connectivity index (χ1) is 12.3. The van der Waals surface area contributed by atoms with Gasteiger partial charge in [-0.3, -0.25) is 9.78 Å². The Morgan fingerprint density at radius 3 is 2.28 bits per heavy atom. The molecule has 0 radical (unpaired) electrons. The Bertz CT molecular complexity index is 648. The smallest absolute Gasteiger partial charge is 0.311 e. The fraction of sp³-hybridized carbons (Fsp3) is 0.400. The second-order valence-corrected chi connectivity index (χ2v) is 5.44. The number of rotatable bonds is 4. The maximum atomic E-state index is 11.2. The predicted octanol–water partition coefficient (Wildman–Crippen LogP) is 3.33. The third-order valence-electron chi connectivity index (χ3n) is 3.95. The van der Waals surface area contributed by atoms with Gasteiger partial charge in [-0.25, -0.2) is 0 Å². The number of ether oxygens (including phenoxy) is 2. The van der Waals surface area contributed by atoms with E-state index < -0.39 is 0 Å². The first-order valence-corrected chi connectivity index (χ1v) is 8.71. The van der Waals surface area contributed by atoms with Gasteiger partial charge in [0.25, 0.3) is 0 Å².